The van der Waals surface area contributed by atoms with E-state index in [0.29, 0.717) is 36.9 Å². The molecule has 0 aliphatic heterocycles. The zero-order chi connectivity index (χ0) is 18.5. The highest BCUT2D eigenvalue weighted by Gasteiger charge is 2.07. The molecule has 3 amide bonds. The third kappa shape index (κ3) is 9.72. The van der Waals surface area contributed by atoms with Gasteiger partial charge in [-0.3, -0.25) is 4.79 Å². The van der Waals surface area contributed by atoms with Crippen LogP contribution in [0.25, 0.3) is 0 Å². The van der Waals surface area contributed by atoms with Gasteiger partial charge in [0, 0.05) is 37.6 Å². The van der Waals surface area contributed by atoms with Crippen molar-refractivity contribution in [1.29, 1.82) is 0 Å². The number of nitrogens with one attached hydrogen (secondary N) is 3. The fourth-order valence-corrected chi connectivity index (χ4v) is 2.00. The molecule has 0 saturated heterocycles. The Kier molecular flexibility index (Phi) is 10.3. The number of ether oxygens (including phenoxy) is 1. The lowest BCUT2D eigenvalue weighted by molar-refractivity contribution is 0.0949. The average Bonchev–Trinajstić information content (AvgIpc) is 2.59. The van der Waals surface area contributed by atoms with Crippen LogP contribution >= 0.6 is 0 Å². The molecule has 0 unspecified atom stereocenters. The summed E-state index contributed by atoms with van der Waals surface area (Å²) in [6, 6.07) is 6.58. The first-order chi connectivity index (χ1) is 12.0. The van der Waals surface area contributed by atoms with Crippen molar-refractivity contribution in [3.8, 4) is 0 Å². The first-order valence-corrected chi connectivity index (χ1v) is 9.03. The molecule has 1 rings (SSSR count). The van der Waals surface area contributed by atoms with Crippen molar-refractivity contribution < 1.29 is 14.3 Å². The Morgan fingerprint density at radius 3 is 2.36 bits per heavy atom. The van der Waals surface area contributed by atoms with Crippen LogP contribution in [0.1, 0.15) is 50.4 Å². The molecule has 0 atom stereocenters. The smallest absolute Gasteiger partial charge is 0.319 e. The summed E-state index contributed by atoms with van der Waals surface area (Å²) in [4.78, 5) is 23.7. The summed E-state index contributed by atoms with van der Waals surface area (Å²) in [5, 5.41) is 8.39. The van der Waals surface area contributed by atoms with Crippen LogP contribution in [-0.2, 0) is 4.74 Å². The van der Waals surface area contributed by atoms with Crippen molar-refractivity contribution in [2.45, 2.75) is 40.0 Å². The molecule has 0 heterocycles. The van der Waals surface area contributed by atoms with Gasteiger partial charge >= 0.3 is 6.03 Å². The molecule has 0 bridgehead atoms. The molecule has 3 N–H and O–H groups in total. The molecule has 25 heavy (non-hydrogen) atoms. The minimum Gasteiger partial charge on any atom is -0.381 e. The van der Waals surface area contributed by atoms with Crippen LogP contribution in [0.4, 0.5) is 10.5 Å². The number of carbonyl (C=O) groups excluding carboxylic acids is 2. The van der Waals surface area contributed by atoms with E-state index in [1.807, 2.05) is 13.8 Å². The predicted molar refractivity (Wildman–Crippen MR) is 101 cm³/mol. The SMILES string of the molecule is CCCCOCCCNC(=O)Nc1ccc(C(=O)NCC(C)C)cc1. The van der Waals surface area contributed by atoms with E-state index in [-0.39, 0.29) is 11.9 Å². The van der Waals surface area contributed by atoms with Crippen LogP contribution in [0.2, 0.25) is 0 Å². The van der Waals surface area contributed by atoms with E-state index in [1.54, 1.807) is 24.3 Å². The number of amides is 3. The van der Waals surface area contributed by atoms with E-state index in [9.17, 15) is 9.59 Å². The average molecular weight is 349 g/mol. The molecular formula is C19H31N3O3. The molecule has 1 aromatic rings. The highest BCUT2D eigenvalue weighted by molar-refractivity contribution is 5.95. The van der Waals surface area contributed by atoms with Gasteiger partial charge in [0.05, 0.1) is 0 Å². The van der Waals surface area contributed by atoms with Crippen molar-refractivity contribution in [2.24, 2.45) is 5.92 Å². The molecular weight excluding hydrogens is 318 g/mol. The molecule has 6 nitrogen and oxygen atoms in total. The molecule has 0 saturated carbocycles. The number of anilines is 1. The van der Waals surface area contributed by atoms with Crippen LogP contribution in [0.15, 0.2) is 24.3 Å². The Balaban J connectivity index is 2.25. The van der Waals surface area contributed by atoms with Crippen molar-refractivity contribution in [1.82, 2.24) is 10.6 Å². The maximum atomic E-state index is 11.9. The van der Waals surface area contributed by atoms with Gasteiger partial charge in [-0.2, -0.15) is 0 Å². The van der Waals surface area contributed by atoms with Crippen molar-refractivity contribution >= 4 is 17.6 Å². The number of hydrogen-bond donors (Lipinski definition) is 3. The number of benzene rings is 1. The lowest BCUT2D eigenvalue weighted by atomic mass is 10.1. The maximum Gasteiger partial charge on any atom is 0.319 e. The molecule has 140 valence electrons. The van der Waals surface area contributed by atoms with E-state index < -0.39 is 0 Å². The fraction of sp³-hybridized carbons (Fsp3) is 0.579. The quantitative estimate of drug-likeness (QED) is 0.536. The standard InChI is InChI=1S/C19H31N3O3/c1-4-5-12-25-13-6-11-20-19(24)22-17-9-7-16(8-10-17)18(23)21-14-15(2)3/h7-10,15H,4-6,11-14H2,1-3H3,(H,21,23)(H2,20,22,24). The number of hydrogen-bond acceptors (Lipinski definition) is 3. The van der Waals surface area contributed by atoms with Gasteiger partial charge in [-0.05, 0) is 43.0 Å². The number of rotatable bonds is 11. The molecule has 0 fully saturated rings. The van der Waals surface area contributed by atoms with Gasteiger partial charge in [0.2, 0.25) is 0 Å². The highest BCUT2D eigenvalue weighted by atomic mass is 16.5. The minimum absolute atomic E-state index is 0.104. The second kappa shape index (κ2) is 12.3. The van der Waals surface area contributed by atoms with Gasteiger partial charge in [-0.25, -0.2) is 4.79 Å². The van der Waals surface area contributed by atoms with E-state index in [0.717, 1.165) is 25.9 Å². The topological polar surface area (TPSA) is 79.5 Å². The van der Waals surface area contributed by atoms with Crippen molar-refractivity contribution in [3.63, 3.8) is 0 Å². The normalized spacial score (nSPS) is 10.6. The Morgan fingerprint density at radius 1 is 1.04 bits per heavy atom. The molecule has 0 aromatic heterocycles. The van der Waals surface area contributed by atoms with Gasteiger partial charge in [-0.1, -0.05) is 27.2 Å². The van der Waals surface area contributed by atoms with Crippen LogP contribution in [-0.4, -0.2) is 38.2 Å². The number of carbonyl (C=O) groups is 2. The molecule has 0 aliphatic carbocycles. The molecule has 0 spiro atoms. The van der Waals surface area contributed by atoms with Gasteiger partial charge < -0.3 is 20.7 Å². The molecule has 0 radical (unpaired) electrons. The van der Waals surface area contributed by atoms with Crippen LogP contribution in [0.5, 0.6) is 0 Å². The van der Waals surface area contributed by atoms with E-state index in [4.69, 9.17) is 4.74 Å². The Bertz CT molecular complexity index is 515. The van der Waals surface area contributed by atoms with Crippen LogP contribution < -0.4 is 16.0 Å². The second-order valence-corrected chi connectivity index (χ2v) is 6.38. The fourth-order valence-electron chi connectivity index (χ4n) is 2.00. The Labute approximate surface area is 150 Å². The first-order valence-electron chi connectivity index (χ1n) is 9.03. The number of urea groups is 1. The van der Waals surface area contributed by atoms with Gasteiger partial charge in [0.1, 0.15) is 0 Å². The minimum atomic E-state index is -0.259. The largest absolute Gasteiger partial charge is 0.381 e. The van der Waals surface area contributed by atoms with Crippen molar-refractivity contribution in [3.05, 3.63) is 29.8 Å². The summed E-state index contributed by atoms with van der Waals surface area (Å²) in [5.41, 5.74) is 1.23. The maximum absolute atomic E-state index is 11.9. The Morgan fingerprint density at radius 2 is 1.72 bits per heavy atom. The summed E-state index contributed by atoms with van der Waals surface area (Å²) >= 11 is 0. The molecule has 6 heteroatoms. The lowest BCUT2D eigenvalue weighted by Crippen LogP contribution is -2.30. The molecule has 0 aliphatic rings. The monoisotopic (exact) mass is 349 g/mol. The summed E-state index contributed by atoms with van der Waals surface area (Å²) in [6.07, 6.45) is 2.98. The Hall–Kier alpha value is -2.08. The highest BCUT2D eigenvalue weighted by Crippen LogP contribution is 2.09. The van der Waals surface area contributed by atoms with Gasteiger partial charge in [-0.15, -0.1) is 0 Å². The zero-order valence-corrected chi connectivity index (χ0v) is 15.6. The van der Waals surface area contributed by atoms with Crippen LogP contribution in [0, 0.1) is 5.92 Å². The van der Waals surface area contributed by atoms with Gasteiger partial charge in [0.25, 0.3) is 5.91 Å². The van der Waals surface area contributed by atoms with E-state index in [2.05, 4.69) is 22.9 Å². The third-order valence-electron chi connectivity index (χ3n) is 3.47. The summed E-state index contributed by atoms with van der Waals surface area (Å²) < 4.78 is 5.43. The first kappa shape index (κ1) is 21.0. The van der Waals surface area contributed by atoms with E-state index in [1.165, 1.54) is 0 Å². The van der Waals surface area contributed by atoms with Gasteiger partial charge in [0.15, 0.2) is 0 Å². The number of unbranched alkanes of at least 4 members (excludes halogenated alkanes) is 1. The summed E-state index contributed by atoms with van der Waals surface area (Å²) in [7, 11) is 0. The summed E-state index contributed by atoms with van der Waals surface area (Å²) in [6.45, 7) is 8.85. The van der Waals surface area contributed by atoms with Crippen LogP contribution in [0.3, 0.4) is 0 Å². The lowest BCUT2D eigenvalue weighted by Gasteiger charge is -2.10. The predicted octanol–water partition coefficient (Wildman–Crippen LogP) is 3.40. The molecule has 1 aromatic carbocycles. The second-order valence-electron chi connectivity index (χ2n) is 6.38. The third-order valence-corrected chi connectivity index (χ3v) is 3.47. The summed E-state index contributed by atoms with van der Waals surface area (Å²) in [5.74, 6) is 0.304. The van der Waals surface area contributed by atoms with Crippen molar-refractivity contribution in [2.75, 3.05) is 31.6 Å². The van der Waals surface area contributed by atoms with E-state index >= 15 is 0 Å². The zero-order valence-electron chi connectivity index (χ0n) is 15.6.